The Kier molecular flexibility index (Phi) is 4.99. The molecule has 1 aliphatic heterocycles. The molecule has 0 atom stereocenters. The van der Waals surface area contributed by atoms with Crippen molar-refractivity contribution in [1.82, 2.24) is 19.9 Å². The van der Waals surface area contributed by atoms with E-state index in [2.05, 4.69) is 15.0 Å². The van der Waals surface area contributed by atoms with Crippen LogP contribution in [0.4, 0.5) is 22.0 Å². The molecule has 1 aliphatic rings. The number of pyridine rings is 1. The van der Waals surface area contributed by atoms with Gasteiger partial charge in [-0.1, -0.05) is 6.07 Å². The quantitative estimate of drug-likeness (QED) is 0.605. The SMILES string of the molecule is Fc1ccc(-c2ccc(CN3CCc4nc(C(F)(F)F)ncc4C3)cn2)c(F)c1. The van der Waals surface area contributed by atoms with Crippen molar-refractivity contribution in [2.45, 2.75) is 25.7 Å². The molecule has 0 fully saturated rings. The first kappa shape index (κ1) is 19.4. The highest BCUT2D eigenvalue weighted by atomic mass is 19.4. The first-order chi connectivity index (χ1) is 13.8. The van der Waals surface area contributed by atoms with Gasteiger partial charge in [0.25, 0.3) is 0 Å². The van der Waals surface area contributed by atoms with Crippen molar-refractivity contribution < 1.29 is 22.0 Å². The Balaban J connectivity index is 1.45. The highest BCUT2D eigenvalue weighted by molar-refractivity contribution is 5.59. The minimum absolute atomic E-state index is 0.211. The molecule has 29 heavy (non-hydrogen) atoms. The Morgan fingerprint density at radius 3 is 2.52 bits per heavy atom. The van der Waals surface area contributed by atoms with Crippen LogP contribution >= 0.6 is 0 Å². The molecule has 0 radical (unpaired) electrons. The molecule has 2 aromatic heterocycles. The van der Waals surface area contributed by atoms with Crippen LogP contribution in [-0.4, -0.2) is 26.4 Å². The number of hydrogen-bond donors (Lipinski definition) is 0. The molecular weight excluding hydrogens is 391 g/mol. The molecule has 0 saturated carbocycles. The second kappa shape index (κ2) is 7.47. The molecule has 4 nitrogen and oxygen atoms in total. The summed E-state index contributed by atoms with van der Waals surface area (Å²) in [6, 6.07) is 6.77. The summed E-state index contributed by atoms with van der Waals surface area (Å²) in [7, 11) is 0. The van der Waals surface area contributed by atoms with E-state index in [4.69, 9.17) is 0 Å². The number of rotatable bonds is 3. The van der Waals surface area contributed by atoms with Crippen LogP contribution in [0.25, 0.3) is 11.3 Å². The smallest absolute Gasteiger partial charge is 0.294 e. The molecule has 3 heterocycles. The number of alkyl halides is 3. The topological polar surface area (TPSA) is 41.9 Å². The molecule has 9 heteroatoms. The first-order valence-electron chi connectivity index (χ1n) is 8.84. The maximum Gasteiger partial charge on any atom is 0.451 e. The van der Waals surface area contributed by atoms with Gasteiger partial charge in [0.15, 0.2) is 0 Å². The van der Waals surface area contributed by atoms with Crippen LogP contribution in [0.1, 0.15) is 22.6 Å². The van der Waals surface area contributed by atoms with Crippen LogP contribution in [0.3, 0.4) is 0 Å². The monoisotopic (exact) mass is 406 g/mol. The second-order valence-corrected chi connectivity index (χ2v) is 6.80. The molecule has 1 aromatic carbocycles. The lowest BCUT2D eigenvalue weighted by atomic mass is 10.1. The van der Waals surface area contributed by atoms with Gasteiger partial charge in [-0.25, -0.2) is 18.7 Å². The third kappa shape index (κ3) is 4.24. The predicted octanol–water partition coefficient (Wildman–Crippen LogP) is 4.39. The number of hydrogen-bond acceptors (Lipinski definition) is 4. The molecule has 0 saturated heterocycles. The average Bonchev–Trinajstić information content (AvgIpc) is 2.68. The predicted molar refractivity (Wildman–Crippen MR) is 94.4 cm³/mol. The van der Waals surface area contributed by atoms with Crippen LogP contribution in [0.5, 0.6) is 0 Å². The maximum atomic E-state index is 13.9. The molecule has 4 rings (SSSR count). The first-order valence-corrected chi connectivity index (χ1v) is 8.84. The van der Waals surface area contributed by atoms with E-state index in [1.54, 1.807) is 18.3 Å². The molecule has 0 N–H and O–H groups in total. The lowest BCUT2D eigenvalue weighted by molar-refractivity contribution is -0.145. The summed E-state index contributed by atoms with van der Waals surface area (Å²) in [5.74, 6) is -2.45. The van der Waals surface area contributed by atoms with E-state index >= 15 is 0 Å². The van der Waals surface area contributed by atoms with Crippen LogP contribution in [0, 0.1) is 11.6 Å². The van der Waals surface area contributed by atoms with Crippen molar-refractivity contribution in [3.05, 3.63) is 77.0 Å². The van der Waals surface area contributed by atoms with Gasteiger partial charge in [0, 0.05) is 55.6 Å². The Hall–Kier alpha value is -2.94. The van der Waals surface area contributed by atoms with Crippen molar-refractivity contribution >= 4 is 0 Å². The van der Waals surface area contributed by atoms with Crippen molar-refractivity contribution in [2.24, 2.45) is 0 Å². The van der Waals surface area contributed by atoms with Gasteiger partial charge < -0.3 is 0 Å². The van der Waals surface area contributed by atoms with E-state index < -0.39 is 23.6 Å². The van der Waals surface area contributed by atoms with E-state index in [-0.39, 0.29) is 5.56 Å². The molecule has 3 aromatic rings. The molecule has 0 spiro atoms. The fourth-order valence-electron chi connectivity index (χ4n) is 3.28. The van der Waals surface area contributed by atoms with E-state index in [0.29, 0.717) is 43.0 Å². The van der Waals surface area contributed by atoms with Gasteiger partial charge in [-0.2, -0.15) is 13.2 Å². The van der Waals surface area contributed by atoms with Crippen LogP contribution in [0.15, 0.2) is 42.7 Å². The largest absolute Gasteiger partial charge is 0.451 e. The summed E-state index contributed by atoms with van der Waals surface area (Å²) in [6.45, 7) is 1.51. The Labute approximate surface area is 163 Å². The Morgan fingerprint density at radius 1 is 1.00 bits per heavy atom. The van der Waals surface area contributed by atoms with Crippen molar-refractivity contribution in [3.63, 3.8) is 0 Å². The van der Waals surface area contributed by atoms with Gasteiger partial charge in [0.05, 0.1) is 11.4 Å². The van der Waals surface area contributed by atoms with Gasteiger partial charge in [-0.3, -0.25) is 9.88 Å². The standard InChI is InChI=1S/C20H15F5N4/c21-14-2-3-15(16(22)7-14)18-4-1-12(8-26-18)10-29-6-5-17-13(11-29)9-27-19(28-17)20(23,24)25/h1-4,7-9H,5-6,10-11H2. The normalized spacial score (nSPS) is 14.7. The van der Waals surface area contributed by atoms with Gasteiger partial charge in [-0.15, -0.1) is 0 Å². The number of aromatic nitrogens is 3. The molecule has 150 valence electrons. The van der Waals surface area contributed by atoms with Crippen LogP contribution in [0.2, 0.25) is 0 Å². The fourth-order valence-corrected chi connectivity index (χ4v) is 3.28. The maximum absolute atomic E-state index is 13.9. The molecular formula is C20H15F5N4. The van der Waals surface area contributed by atoms with Crippen molar-refractivity contribution in [2.75, 3.05) is 6.54 Å². The van der Waals surface area contributed by atoms with Crippen LogP contribution < -0.4 is 0 Å². The summed E-state index contributed by atoms with van der Waals surface area (Å²) in [5.41, 5.74) is 2.56. The highest BCUT2D eigenvalue weighted by Crippen LogP contribution is 2.28. The third-order valence-corrected chi connectivity index (χ3v) is 4.70. The fraction of sp³-hybridized carbons (Fsp3) is 0.250. The van der Waals surface area contributed by atoms with Crippen LogP contribution in [-0.2, 0) is 25.7 Å². The average molecular weight is 406 g/mol. The molecule has 0 aliphatic carbocycles. The minimum Gasteiger partial charge on any atom is -0.294 e. The third-order valence-electron chi connectivity index (χ3n) is 4.70. The van der Waals surface area contributed by atoms with Gasteiger partial charge in [-0.05, 0) is 23.8 Å². The molecule has 0 amide bonds. The summed E-state index contributed by atoms with van der Waals surface area (Å²) >= 11 is 0. The number of nitrogens with zero attached hydrogens (tertiary/aromatic N) is 4. The van der Waals surface area contributed by atoms with E-state index in [1.807, 2.05) is 4.90 Å². The van der Waals surface area contributed by atoms with E-state index in [9.17, 15) is 22.0 Å². The number of halogens is 5. The zero-order chi connectivity index (χ0) is 20.6. The number of fused-ring (bicyclic) bond motifs is 1. The van der Waals surface area contributed by atoms with E-state index in [0.717, 1.165) is 11.6 Å². The second-order valence-electron chi connectivity index (χ2n) is 6.80. The zero-order valence-electron chi connectivity index (χ0n) is 15.0. The summed E-state index contributed by atoms with van der Waals surface area (Å²) in [6.07, 6.45) is -1.32. The number of benzene rings is 1. The van der Waals surface area contributed by atoms with Gasteiger partial charge in [0.2, 0.25) is 5.82 Å². The minimum atomic E-state index is -4.55. The van der Waals surface area contributed by atoms with Gasteiger partial charge in [0.1, 0.15) is 11.6 Å². The highest BCUT2D eigenvalue weighted by Gasteiger charge is 2.35. The van der Waals surface area contributed by atoms with E-state index in [1.165, 1.54) is 18.3 Å². The Bertz CT molecular complexity index is 1030. The lowest BCUT2D eigenvalue weighted by Crippen LogP contribution is -2.31. The Morgan fingerprint density at radius 2 is 1.83 bits per heavy atom. The molecule has 0 bridgehead atoms. The van der Waals surface area contributed by atoms with Gasteiger partial charge >= 0.3 is 6.18 Å². The van der Waals surface area contributed by atoms with Crippen molar-refractivity contribution in [1.29, 1.82) is 0 Å². The zero-order valence-corrected chi connectivity index (χ0v) is 15.0. The summed E-state index contributed by atoms with van der Waals surface area (Å²) < 4.78 is 65.1. The summed E-state index contributed by atoms with van der Waals surface area (Å²) in [5, 5.41) is 0. The summed E-state index contributed by atoms with van der Waals surface area (Å²) in [4.78, 5) is 13.4. The molecule has 0 unspecified atom stereocenters. The van der Waals surface area contributed by atoms with Crippen molar-refractivity contribution in [3.8, 4) is 11.3 Å². The lowest BCUT2D eigenvalue weighted by Gasteiger charge is -2.28.